The van der Waals surface area contributed by atoms with Gasteiger partial charge in [-0.2, -0.15) is 26.3 Å². The SMILES string of the molecule is O=C=C(SC(F)(F)F)SC(F)(F)F. The summed E-state index contributed by atoms with van der Waals surface area (Å²) in [5, 5.41) is 0. The molecule has 0 atom stereocenters. The van der Waals surface area contributed by atoms with Crippen molar-refractivity contribution in [3.8, 4) is 0 Å². The van der Waals surface area contributed by atoms with Crippen molar-refractivity contribution in [3.05, 3.63) is 4.24 Å². The average Bonchev–Trinajstić information content (AvgIpc) is 1.79. The molecule has 0 amide bonds. The van der Waals surface area contributed by atoms with Crippen LogP contribution in [0, 0.1) is 0 Å². The fourth-order valence-electron chi connectivity index (χ4n) is 0.273. The third-order valence-electron chi connectivity index (χ3n) is 0.500. The van der Waals surface area contributed by atoms with Crippen LogP contribution in [0.1, 0.15) is 0 Å². The summed E-state index contributed by atoms with van der Waals surface area (Å²) in [6.45, 7) is 0. The third kappa shape index (κ3) is 8.07. The molecule has 0 aromatic carbocycles. The molecule has 0 fully saturated rings. The van der Waals surface area contributed by atoms with Crippen molar-refractivity contribution < 1.29 is 31.1 Å². The van der Waals surface area contributed by atoms with Gasteiger partial charge in [0.1, 0.15) is 10.2 Å². The van der Waals surface area contributed by atoms with Crippen molar-refractivity contribution in [1.29, 1.82) is 0 Å². The van der Waals surface area contributed by atoms with E-state index < -0.39 is 38.8 Å². The van der Waals surface area contributed by atoms with Crippen LogP contribution in [0.2, 0.25) is 0 Å². The number of hydrogen-bond acceptors (Lipinski definition) is 3. The van der Waals surface area contributed by atoms with Gasteiger partial charge in [0.25, 0.3) is 0 Å². The molecule has 0 unspecified atom stereocenters. The molecular weight excluding hydrogens is 242 g/mol. The Balaban J connectivity index is 4.33. The molecule has 0 saturated carbocycles. The fourth-order valence-corrected chi connectivity index (χ4v) is 1.51. The second kappa shape index (κ2) is 4.30. The van der Waals surface area contributed by atoms with E-state index in [0.29, 0.717) is 5.94 Å². The van der Waals surface area contributed by atoms with Gasteiger partial charge >= 0.3 is 11.0 Å². The minimum Gasteiger partial charge on any atom is -0.232 e. The normalized spacial score (nSPS) is 12.5. The van der Waals surface area contributed by atoms with Gasteiger partial charge < -0.3 is 0 Å². The summed E-state index contributed by atoms with van der Waals surface area (Å²) in [5.41, 5.74) is -9.82. The Morgan fingerprint density at radius 2 is 1.23 bits per heavy atom. The molecule has 0 aliphatic carbocycles. The maximum Gasteiger partial charge on any atom is 0.447 e. The van der Waals surface area contributed by atoms with Crippen LogP contribution in [-0.2, 0) is 4.79 Å². The summed E-state index contributed by atoms with van der Waals surface area (Å²) in [6, 6.07) is 0. The van der Waals surface area contributed by atoms with Crippen molar-refractivity contribution in [2.24, 2.45) is 0 Å². The maximum absolute atomic E-state index is 11.5. The lowest BCUT2D eigenvalue weighted by atomic mass is 11.2. The van der Waals surface area contributed by atoms with Gasteiger partial charge in [0.2, 0.25) is 0 Å². The Kier molecular flexibility index (Phi) is 4.21. The molecule has 0 aromatic heterocycles. The number of thioether (sulfide) groups is 2. The lowest BCUT2D eigenvalue weighted by Gasteiger charge is -2.07. The molecule has 76 valence electrons. The predicted octanol–water partition coefficient (Wildman–Crippen LogP) is 3.17. The molecule has 9 heteroatoms. The van der Waals surface area contributed by atoms with Crippen molar-refractivity contribution in [1.82, 2.24) is 0 Å². The zero-order valence-electron chi connectivity index (χ0n) is 5.49. The van der Waals surface area contributed by atoms with E-state index in [1.807, 2.05) is 0 Å². The average molecular weight is 242 g/mol. The molecular formula is C4F6OS2. The number of rotatable bonds is 2. The Bertz CT molecular complexity index is 206. The maximum atomic E-state index is 11.5. The van der Waals surface area contributed by atoms with E-state index in [-0.39, 0.29) is 0 Å². The Hall–Kier alpha value is -0.270. The van der Waals surface area contributed by atoms with Gasteiger partial charge in [-0.1, -0.05) is 0 Å². The van der Waals surface area contributed by atoms with Crippen molar-refractivity contribution in [3.63, 3.8) is 0 Å². The van der Waals surface area contributed by atoms with Gasteiger partial charge in [0.05, 0.1) is 0 Å². The first-order chi connectivity index (χ1) is 5.64. The fraction of sp³-hybridized carbons (Fsp3) is 0.500. The number of carbonyl (C=O) groups excluding carboxylic acids is 1. The van der Waals surface area contributed by atoms with Gasteiger partial charge in [0, 0.05) is 23.5 Å². The monoisotopic (exact) mass is 242 g/mol. The van der Waals surface area contributed by atoms with E-state index in [1.165, 1.54) is 0 Å². The summed E-state index contributed by atoms with van der Waals surface area (Å²) < 4.78 is 67.2. The molecule has 0 saturated heterocycles. The largest absolute Gasteiger partial charge is 0.447 e. The standard InChI is InChI=1S/C4F6OS2/c5-3(6,7)12-2(1-11)13-4(8,9)10. The van der Waals surface area contributed by atoms with Crippen molar-refractivity contribution in [2.75, 3.05) is 0 Å². The van der Waals surface area contributed by atoms with Crippen LogP contribution in [0.5, 0.6) is 0 Å². The molecule has 13 heavy (non-hydrogen) atoms. The molecule has 0 spiro atoms. The van der Waals surface area contributed by atoms with Gasteiger partial charge in [-0.3, -0.25) is 0 Å². The quantitative estimate of drug-likeness (QED) is 0.547. The third-order valence-corrected chi connectivity index (χ3v) is 2.00. The summed E-state index contributed by atoms with van der Waals surface area (Å²) >= 11 is -2.27. The van der Waals surface area contributed by atoms with Gasteiger partial charge in [-0.15, -0.1) is 0 Å². The van der Waals surface area contributed by atoms with Crippen LogP contribution in [-0.4, -0.2) is 17.0 Å². The highest BCUT2D eigenvalue weighted by molar-refractivity contribution is 8.23. The van der Waals surface area contributed by atoms with E-state index in [2.05, 4.69) is 0 Å². The minimum atomic E-state index is -4.91. The van der Waals surface area contributed by atoms with Crippen molar-refractivity contribution in [2.45, 2.75) is 11.0 Å². The first-order valence-corrected chi connectivity index (χ1v) is 4.04. The van der Waals surface area contributed by atoms with E-state index >= 15 is 0 Å². The first kappa shape index (κ1) is 12.7. The lowest BCUT2D eigenvalue weighted by Crippen LogP contribution is -2.04. The number of hydrogen-bond donors (Lipinski definition) is 0. The van der Waals surface area contributed by atoms with E-state index in [9.17, 15) is 31.1 Å². The molecule has 0 heterocycles. The molecule has 0 bridgehead atoms. The van der Waals surface area contributed by atoms with Crippen LogP contribution in [0.15, 0.2) is 4.24 Å². The van der Waals surface area contributed by atoms with Crippen LogP contribution in [0.4, 0.5) is 26.3 Å². The van der Waals surface area contributed by atoms with E-state index in [0.717, 1.165) is 0 Å². The minimum absolute atomic E-state index is 0.568. The molecule has 0 aromatic rings. The Morgan fingerprint density at radius 3 is 1.38 bits per heavy atom. The first-order valence-electron chi connectivity index (χ1n) is 2.40. The van der Waals surface area contributed by atoms with Gasteiger partial charge in [-0.05, 0) is 0 Å². The summed E-state index contributed by atoms with van der Waals surface area (Å²) in [6.07, 6.45) is 0. The molecule has 0 rings (SSSR count). The molecule has 0 aliphatic heterocycles. The second-order valence-corrected chi connectivity index (χ2v) is 3.89. The zero-order valence-corrected chi connectivity index (χ0v) is 7.13. The molecule has 1 nitrogen and oxygen atoms in total. The summed E-state index contributed by atoms with van der Waals surface area (Å²) in [7, 11) is 0. The summed E-state index contributed by atoms with van der Waals surface area (Å²) in [5.74, 6) is 0.568. The van der Waals surface area contributed by atoms with Crippen LogP contribution in [0.25, 0.3) is 0 Å². The lowest BCUT2D eigenvalue weighted by molar-refractivity contribution is -0.0327. The highest BCUT2D eigenvalue weighted by Gasteiger charge is 2.38. The zero-order chi connectivity index (χ0) is 10.7. The summed E-state index contributed by atoms with van der Waals surface area (Å²) in [4.78, 5) is 9.66. The molecule has 0 aliphatic rings. The van der Waals surface area contributed by atoms with Crippen LogP contribution < -0.4 is 0 Å². The number of alkyl halides is 6. The second-order valence-electron chi connectivity index (χ2n) is 1.49. The molecule has 0 N–H and O–H groups in total. The molecule has 0 radical (unpaired) electrons. The highest BCUT2D eigenvalue weighted by atomic mass is 32.2. The highest BCUT2D eigenvalue weighted by Crippen LogP contribution is 2.46. The van der Waals surface area contributed by atoms with Gasteiger partial charge in [0.15, 0.2) is 0 Å². The van der Waals surface area contributed by atoms with E-state index in [1.54, 1.807) is 0 Å². The number of halogens is 6. The Morgan fingerprint density at radius 1 is 0.923 bits per heavy atom. The van der Waals surface area contributed by atoms with Crippen molar-refractivity contribution >= 4 is 29.5 Å². The van der Waals surface area contributed by atoms with Gasteiger partial charge in [-0.25, -0.2) is 4.79 Å². The van der Waals surface area contributed by atoms with E-state index in [4.69, 9.17) is 0 Å². The smallest absolute Gasteiger partial charge is 0.232 e. The Labute approximate surface area is 76.5 Å². The van der Waals surface area contributed by atoms with Crippen LogP contribution >= 0.6 is 23.5 Å². The van der Waals surface area contributed by atoms with Crippen LogP contribution in [0.3, 0.4) is 0 Å². The topological polar surface area (TPSA) is 17.1 Å². The predicted molar refractivity (Wildman–Crippen MR) is 36.5 cm³/mol.